The zero-order valence-corrected chi connectivity index (χ0v) is 33.6. The molecule has 0 saturated heterocycles. The summed E-state index contributed by atoms with van der Waals surface area (Å²) in [4.78, 5) is 10.6. The summed E-state index contributed by atoms with van der Waals surface area (Å²) in [6.07, 6.45) is 0. The summed E-state index contributed by atoms with van der Waals surface area (Å²) in [7, 11) is 0. The van der Waals surface area contributed by atoms with Gasteiger partial charge in [-0.1, -0.05) is 188 Å². The quantitative estimate of drug-likeness (QED) is 0.178. The number of rotatable bonds is 4. The molecule has 0 radical (unpaired) electrons. The molecular formula is C59H36N2O. The van der Waals surface area contributed by atoms with Gasteiger partial charge < -0.3 is 4.42 Å². The normalized spacial score (nSPS) is 13.0. The summed E-state index contributed by atoms with van der Waals surface area (Å²) in [5, 5.41) is 2.20. The number of nitrogens with zero attached hydrogens (tertiary/aromatic N) is 2. The highest BCUT2D eigenvalue weighted by Crippen LogP contribution is 2.61. The molecule has 0 amide bonds. The van der Waals surface area contributed by atoms with Crippen LogP contribution < -0.4 is 0 Å². The second-order valence-electron chi connectivity index (χ2n) is 16.4. The summed E-state index contributed by atoms with van der Waals surface area (Å²) in [5.74, 6) is 0.670. The van der Waals surface area contributed by atoms with E-state index < -0.39 is 5.41 Å². The van der Waals surface area contributed by atoms with E-state index in [-0.39, 0.29) is 0 Å². The van der Waals surface area contributed by atoms with Gasteiger partial charge in [-0.15, -0.1) is 0 Å². The van der Waals surface area contributed by atoms with Crippen molar-refractivity contribution in [2.75, 3.05) is 0 Å². The highest BCUT2D eigenvalue weighted by Gasteiger charge is 2.49. The molecule has 0 unspecified atom stereocenters. The third kappa shape index (κ3) is 5.06. The van der Waals surface area contributed by atoms with Gasteiger partial charge in [-0.2, -0.15) is 0 Å². The predicted octanol–water partition coefficient (Wildman–Crippen LogP) is 15.1. The van der Waals surface area contributed by atoms with Crippen LogP contribution in [0.4, 0.5) is 0 Å². The fourth-order valence-corrected chi connectivity index (χ4v) is 10.4. The van der Waals surface area contributed by atoms with E-state index in [2.05, 4.69) is 200 Å². The third-order valence-electron chi connectivity index (χ3n) is 13.2. The van der Waals surface area contributed by atoms with Gasteiger partial charge in [0.2, 0.25) is 0 Å². The topological polar surface area (TPSA) is 38.9 Å². The van der Waals surface area contributed by atoms with Gasteiger partial charge in [0.05, 0.1) is 16.8 Å². The zero-order valence-electron chi connectivity index (χ0n) is 33.6. The molecule has 2 aliphatic rings. The first-order valence-electron chi connectivity index (χ1n) is 21.2. The Balaban J connectivity index is 1.03. The van der Waals surface area contributed by atoms with Crippen LogP contribution in [0.5, 0.6) is 0 Å². The van der Waals surface area contributed by atoms with Crippen molar-refractivity contribution < 1.29 is 4.42 Å². The monoisotopic (exact) mass is 788 g/mol. The van der Waals surface area contributed by atoms with Crippen LogP contribution in [0.15, 0.2) is 223 Å². The lowest BCUT2D eigenvalue weighted by Gasteiger charge is -2.35. The molecule has 2 aliphatic carbocycles. The number of benzene rings is 9. The average Bonchev–Trinajstić information content (AvgIpc) is 3.84. The van der Waals surface area contributed by atoms with Crippen molar-refractivity contribution in [2.24, 2.45) is 0 Å². The number of hydrogen-bond donors (Lipinski definition) is 0. The largest absolute Gasteiger partial charge is 0.456 e. The molecular weight excluding hydrogens is 753 g/mol. The number of furan rings is 1. The Morgan fingerprint density at radius 3 is 1.40 bits per heavy atom. The van der Waals surface area contributed by atoms with Crippen molar-refractivity contribution >= 4 is 21.9 Å². The van der Waals surface area contributed by atoms with E-state index in [1.165, 1.54) is 61.2 Å². The van der Waals surface area contributed by atoms with Gasteiger partial charge in [-0.3, -0.25) is 0 Å². The molecule has 3 heteroatoms. The standard InChI is InChI=1S/C59H36N2O/c1-2-14-37(15-3-1)38-26-28-39(29-27-38)58-60-54(36-55(61-58)41-30-32-48-47-21-9-13-25-56(47)62-57(48)35-41)40-31-33-53-49(34-40)46-20-8-12-24-52(46)59(53)50-22-10-6-18-44(50)42-16-4-5-17-43(42)45-19-7-11-23-51(45)59/h1-36H. The Kier molecular flexibility index (Phi) is 7.52. The maximum Gasteiger partial charge on any atom is 0.160 e. The van der Waals surface area contributed by atoms with Crippen molar-refractivity contribution in [3.05, 3.63) is 241 Å². The summed E-state index contributed by atoms with van der Waals surface area (Å²) < 4.78 is 6.37. The molecule has 2 heterocycles. The second kappa shape index (κ2) is 13.4. The minimum Gasteiger partial charge on any atom is -0.456 e. The molecule has 0 fully saturated rings. The van der Waals surface area contributed by atoms with E-state index in [4.69, 9.17) is 14.4 Å². The summed E-state index contributed by atoms with van der Waals surface area (Å²) in [6, 6.07) is 78.8. The minimum absolute atomic E-state index is 0.541. The van der Waals surface area contributed by atoms with Crippen molar-refractivity contribution in [1.29, 1.82) is 0 Å². The van der Waals surface area contributed by atoms with Crippen LogP contribution in [-0.4, -0.2) is 9.97 Å². The van der Waals surface area contributed by atoms with Gasteiger partial charge in [-0.05, 0) is 97.1 Å². The fourth-order valence-electron chi connectivity index (χ4n) is 10.4. The molecule has 288 valence electrons. The van der Waals surface area contributed by atoms with Crippen LogP contribution in [0.3, 0.4) is 0 Å². The number of aromatic nitrogens is 2. The predicted molar refractivity (Wildman–Crippen MR) is 253 cm³/mol. The van der Waals surface area contributed by atoms with Gasteiger partial charge in [0, 0.05) is 27.5 Å². The molecule has 62 heavy (non-hydrogen) atoms. The second-order valence-corrected chi connectivity index (χ2v) is 16.4. The molecule has 11 aromatic rings. The van der Waals surface area contributed by atoms with E-state index >= 15 is 0 Å². The number of para-hydroxylation sites is 1. The first-order valence-corrected chi connectivity index (χ1v) is 21.2. The molecule has 13 rings (SSSR count). The van der Waals surface area contributed by atoms with E-state index in [9.17, 15) is 0 Å². The summed E-state index contributed by atoms with van der Waals surface area (Å²) in [6.45, 7) is 0. The Hall–Kier alpha value is -8.14. The van der Waals surface area contributed by atoms with E-state index in [1.807, 2.05) is 18.2 Å². The summed E-state index contributed by atoms with van der Waals surface area (Å²) in [5.41, 5.74) is 20.8. The van der Waals surface area contributed by atoms with Crippen molar-refractivity contribution in [1.82, 2.24) is 9.97 Å². The maximum atomic E-state index is 6.37. The molecule has 0 atom stereocenters. The lowest BCUT2D eigenvalue weighted by Crippen LogP contribution is -2.29. The highest BCUT2D eigenvalue weighted by atomic mass is 16.3. The van der Waals surface area contributed by atoms with Gasteiger partial charge in [0.25, 0.3) is 0 Å². The smallest absolute Gasteiger partial charge is 0.160 e. The van der Waals surface area contributed by atoms with Crippen LogP contribution in [0.25, 0.3) is 100 Å². The Morgan fingerprint density at radius 2 is 0.742 bits per heavy atom. The molecule has 0 aliphatic heterocycles. The van der Waals surface area contributed by atoms with Crippen LogP contribution in [0.2, 0.25) is 0 Å². The SMILES string of the molecule is c1ccc(-c2ccc(-c3nc(-c4ccc5c(c4)-c4ccccc4C54c5ccccc5-c5ccccc5-c5ccccc54)cc(-c4ccc5c(c4)oc4ccccc45)n3)cc2)cc1. The van der Waals surface area contributed by atoms with Gasteiger partial charge in [0.15, 0.2) is 5.82 Å². The lowest BCUT2D eigenvalue weighted by molar-refractivity contribution is 0.669. The maximum absolute atomic E-state index is 6.37. The molecule has 0 saturated carbocycles. The Morgan fingerprint density at radius 1 is 0.290 bits per heavy atom. The van der Waals surface area contributed by atoms with E-state index in [0.29, 0.717) is 5.82 Å². The van der Waals surface area contributed by atoms with Crippen LogP contribution >= 0.6 is 0 Å². The van der Waals surface area contributed by atoms with Gasteiger partial charge >= 0.3 is 0 Å². The van der Waals surface area contributed by atoms with Crippen LogP contribution in [-0.2, 0) is 5.41 Å². The highest BCUT2D eigenvalue weighted by molar-refractivity contribution is 6.06. The number of fused-ring (bicyclic) bond motifs is 15. The molecule has 0 bridgehead atoms. The van der Waals surface area contributed by atoms with Crippen molar-refractivity contribution in [2.45, 2.75) is 5.41 Å². The van der Waals surface area contributed by atoms with Crippen molar-refractivity contribution in [3.63, 3.8) is 0 Å². The fraction of sp³-hybridized carbons (Fsp3) is 0.0169. The van der Waals surface area contributed by atoms with E-state index in [1.54, 1.807) is 0 Å². The zero-order chi connectivity index (χ0) is 40.8. The first-order chi connectivity index (χ1) is 30.7. The van der Waals surface area contributed by atoms with Crippen LogP contribution in [0, 0.1) is 0 Å². The third-order valence-corrected chi connectivity index (χ3v) is 13.2. The van der Waals surface area contributed by atoms with E-state index in [0.717, 1.165) is 55.6 Å². The lowest BCUT2D eigenvalue weighted by atomic mass is 9.66. The Labute approximate surface area is 359 Å². The number of hydrogen-bond acceptors (Lipinski definition) is 3. The van der Waals surface area contributed by atoms with Gasteiger partial charge in [-0.25, -0.2) is 9.97 Å². The first kappa shape index (κ1) is 34.7. The van der Waals surface area contributed by atoms with Gasteiger partial charge in [0.1, 0.15) is 11.2 Å². The summed E-state index contributed by atoms with van der Waals surface area (Å²) >= 11 is 0. The molecule has 1 spiro atoms. The molecule has 9 aromatic carbocycles. The molecule has 0 N–H and O–H groups in total. The van der Waals surface area contributed by atoms with Crippen molar-refractivity contribution in [3.8, 4) is 78.4 Å². The Bertz CT molecular complexity index is 3510. The minimum atomic E-state index is -0.541. The van der Waals surface area contributed by atoms with Crippen LogP contribution in [0.1, 0.15) is 22.3 Å². The molecule has 2 aromatic heterocycles. The molecule has 3 nitrogen and oxygen atoms in total. The average molecular weight is 789 g/mol.